The predicted molar refractivity (Wildman–Crippen MR) is 51.7 cm³/mol. The Labute approximate surface area is 83.1 Å². The standard InChI is InChI=1S/C11H14FNO/c1-7-5-10(12)11(13-6-7)14-8(2)9-3-4-9/h5-6,8-9H,3-4H2,1-2H3. The second-order valence-corrected chi connectivity index (χ2v) is 3.96. The van der Waals surface area contributed by atoms with Gasteiger partial charge in [-0.3, -0.25) is 0 Å². The second kappa shape index (κ2) is 3.56. The summed E-state index contributed by atoms with van der Waals surface area (Å²) >= 11 is 0. The summed E-state index contributed by atoms with van der Waals surface area (Å²) in [6, 6.07) is 1.45. The molecule has 0 radical (unpaired) electrons. The zero-order chi connectivity index (χ0) is 10.1. The number of hydrogen-bond acceptors (Lipinski definition) is 2. The average molecular weight is 195 g/mol. The zero-order valence-corrected chi connectivity index (χ0v) is 8.46. The third-order valence-electron chi connectivity index (χ3n) is 2.53. The van der Waals surface area contributed by atoms with Crippen LogP contribution in [0.4, 0.5) is 4.39 Å². The van der Waals surface area contributed by atoms with Crippen LogP contribution in [0.3, 0.4) is 0 Å². The molecule has 0 N–H and O–H groups in total. The number of hydrogen-bond donors (Lipinski definition) is 0. The number of pyridine rings is 1. The molecule has 2 nitrogen and oxygen atoms in total. The van der Waals surface area contributed by atoms with Crippen LogP contribution in [0.25, 0.3) is 0 Å². The number of nitrogens with zero attached hydrogens (tertiary/aromatic N) is 1. The van der Waals surface area contributed by atoms with Crippen LogP contribution in [-0.2, 0) is 0 Å². The molecule has 1 aliphatic rings. The van der Waals surface area contributed by atoms with Gasteiger partial charge in [-0.15, -0.1) is 0 Å². The van der Waals surface area contributed by atoms with Crippen molar-refractivity contribution >= 4 is 0 Å². The monoisotopic (exact) mass is 195 g/mol. The van der Waals surface area contributed by atoms with Crippen LogP contribution < -0.4 is 4.74 Å². The van der Waals surface area contributed by atoms with Crippen LogP contribution in [0.5, 0.6) is 5.88 Å². The molecular weight excluding hydrogens is 181 g/mol. The maximum atomic E-state index is 13.3. The van der Waals surface area contributed by atoms with E-state index in [9.17, 15) is 4.39 Å². The molecule has 2 rings (SSSR count). The van der Waals surface area contributed by atoms with Crippen LogP contribution >= 0.6 is 0 Å². The van der Waals surface area contributed by atoms with Crippen molar-refractivity contribution < 1.29 is 9.13 Å². The lowest BCUT2D eigenvalue weighted by atomic mass is 10.2. The van der Waals surface area contributed by atoms with Gasteiger partial charge in [-0.05, 0) is 44.2 Å². The van der Waals surface area contributed by atoms with Gasteiger partial charge in [0.25, 0.3) is 5.88 Å². The smallest absolute Gasteiger partial charge is 0.250 e. The maximum Gasteiger partial charge on any atom is 0.250 e. The van der Waals surface area contributed by atoms with Gasteiger partial charge in [0, 0.05) is 6.20 Å². The number of aromatic nitrogens is 1. The lowest BCUT2D eigenvalue weighted by Gasteiger charge is -2.13. The molecule has 1 aromatic rings. The first-order valence-electron chi connectivity index (χ1n) is 4.95. The summed E-state index contributed by atoms with van der Waals surface area (Å²) in [4.78, 5) is 3.93. The van der Waals surface area contributed by atoms with E-state index in [4.69, 9.17) is 4.74 Å². The highest BCUT2D eigenvalue weighted by atomic mass is 19.1. The van der Waals surface area contributed by atoms with Crippen molar-refractivity contribution in [3.8, 4) is 5.88 Å². The summed E-state index contributed by atoms with van der Waals surface area (Å²) in [5.74, 6) is 0.366. The first-order chi connectivity index (χ1) is 6.66. The van der Waals surface area contributed by atoms with E-state index in [1.54, 1.807) is 6.20 Å². The highest BCUT2D eigenvalue weighted by Gasteiger charge is 2.30. The quantitative estimate of drug-likeness (QED) is 0.739. The highest BCUT2D eigenvalue weighted by Crippen LogP contribution is 2.34. The Hall–Kier alpha value is -1.12. The molecule has 1 unspecified atom stereocenters. The van der Waals surface area contributed by atoms with Gasteiger partial charge >= 0.3 is 0 Å². The van der Waals surface area contributed by atoms with Gasteiger partial charge < -0.3 is 4.74 Å². The molecule has 0 aliphatic heterocycles. The molecule has 76 valence electrons. The molecule has 1 aromatic heterocycles. The minimum Gasteiger partial charge on any atom is -0.472 e. The molecule has 3 heteroatoms. The van der Waals surface area contributed by atoms with Gasteiger partial charge in [0.05, 0.1) is 0 Å². The van der Waals surface area contributed by atoms with E-state index in [-0.39, 0.29) is 17.8 Å². The molecule has 1 aliphatic carbocycles. The molecule has 1 saturated carbocycles. The zero-order valence-electron chi connectivity index (χ0n) is 8.46. The highest BCUT2D eigenvalue weighted by molar-refractivity contribution is 5.19. The minimum absolute atomic E-state index is 0.0831. The first kappa shape index (κ1) is 9.44. The van der Waals surface area contributed by atoms with Gasteiger partial charge in [-0.25, -0.2) is 9.37 Å². The minimum atomic E-state index is -0.363. The lowest BCUT2D eigenvalue weighted by Crippen LogP contribution is -2.15. The Balaban J connectivity index is 2.07. The first-order valence-corrected chi connectivity index (χ1v) is 4.95. The molecule has 14 heavy (non-hydrogen) atoms. The number of rotatable bonds is 3. The molecule has 0 aromatic carbocycles. The van der Waals surface area contributed by atoms with Crippen LogP contribution in [-0.4, -0.2) is 11.1 Å². The van der Waals surface area contributed by atoms with Crippen LogP contribution in [0.2, 0.25) is 0 Å². The van der Waals surface area contributed by atoms with Gasteiger partial charge in [0.15, 0.2) is 5.82 Å². The summed E-state index contributed by atoms with van der Waals surface area (Å²) < 4.78 is 18.7. The largest absolute Gasteiger partial charge is 0.472 e. The van der Waals surface area contributed by atoms with Crippen molar-refractivity contribution in [2.75, 3.05) is 0 Å². The van der Waals surface area contributed by atoms with Gasteiger partial charge in [0.2, 0.25) is 0 Å². The third-order valence-corrected chi connectivity index (χ3v) is 2.53. The molecule has 0 bridgehead atoms. The number of halogens is 1. The fraction of sp³-hybridized carbons (Fsp3) is 0.545. The van der Waals surface area contributed by atoms with Crippen molar-refractivity contribution in [1.29, 1.82) is 0 Å². The average Bonchev–Trinajstić information content (AvgIpc) is 2.92. The number of aryl methyl sites for hydroxylation is 1. The van der Waals surface area contributed by atoms with Gasteiger partial charge in [0.1, 0.15) is 6.10 Å². The number of ether oxygens (including phenoxy) is 1. The van der Waals surface area contributed by atoms with E-state index < -0.39 is 0 Å². The van der Waals surface area contributed by atoms with Crippen LogP contribution in [0.15, 0.2) is 12.3 Å². The molecule has 1 fully saturated rings. The van der Waals surface area contributed by atoms with E-state index in [1.807, 2.05) is 13.8 Å². The van der Waals surface area contributed by atoms with Crippen molar-refractivity contribution in [3.63, 3.8) is 0 Å². The van der Waals surface area contributed by atoms with E-state index in [2.05, 4.69) is 4.98 Å². The molecule has 0 saturated heterocycles. The second-order valence-electron chi connectivity index (χ2n) is 3.96. The Morgan fingerprint density at radius 1 is 1.57 bits per heavy atom. The SMILES string of the molecule is Cc1cnc(OC(C)C2CC2)c(F)c1. The van der Waals surface area contributed by atoms with E-state index in [0.717, 1.165) is 5.56 Å². The van der Waals surface area contributed by atoms with Crippen LogP contribution in [0, 0.1) is 18.7 Å². The van der Waals surface area contributed by atoms with Crippen molar-refractivity contribution in [2.24, 2.45) is 5.92 Å². The molecule has 1 heterocycles. The van der Waals surface area contributed by atoms with Gasteiger partial charge in [-0.1, -0.05) is 0 Å². The molecule has 1 atom stereocenters. The lowest BCUT2D eigenvalue weighted by molar-refractivity contribution is 0.180. The maximum absolute atomic E-state index is 13.3. The van der Waals surface area contributed by atoms with Crippen LogP contribution in [0.1, 0.15) is 25.3 Å². The topological polar surface area (TPSA) is 22.1 Å². The van der Waals surface area contributed by atoms with Gasteiger partial charge in [-0.2, -0.15) is 0 Å². The van der Waals surface area contributed by atoms with E-state index in [0.29, 0.717) is 5.92 Å². The van der Waals surface area contributed by atoms with Crippen molar-refractivity contribution in [3.05, 3.63) is 23.6 Å². The van der Waals surface area contributed by atoms with E-state index >= 15 is 0 Å². The summed E-state index contributed by atoms with van der Waals surface area (Å²) in [6.07, 6.45) is 4.08. The predicted octanol–water partition coefficient (Wildman–Crippen LogP) is 2.71. The Morgan fingerprint density at radius 3 is 2.86 bits per heavy atom. The summed E-state index contributed by atoms with van der Waals surface area (Å²) in [5.41, 5.74) is 0.814. The fourth-order valence-corrected chi connectivity index (χ4v) is 1.45. The normalized spacial score (nSPS) is 17.9. The summed E-state index contributed by atoms with van der Waals surface area (Å²) in [5, 5.41) is 0. The Morgan fingerprint density at radius 2 is 2.29 bits per heavy atom. The molecular formula is C11H14FNO. The Kier molecular flexibility index (Phi) is 2.40. The van der Waals surface area contributed by atoms with E-state index in [1.165, 1.54) is 18.9 Å². The summed E-state index contributed by atoms with van der Waals surface area (Å²) in [6.45, 7) is 3.78. The molecule has 0 amide bonds. The third kappa shape index (κ3) is 2.03. The fourth-order valence-electron chi connectivity index (χ4n) is 1.45. The van der Waals surface area contributed by atoms with Crippen molar-refractivity contribution in [2.45, 2.75) is 32.8 Å². The Bertz CT molecular complexity index is 336. The summed E-state index contributed by atoms with van der Waals surface area (Å²) in [7, 11) is 0. The van der Waals surface area contributed by atoms with Crippen molar-refractivity contribution in [1.82, 2.24) is 4.98 Å². The molecule has 0 spiro atoms.